The van der Waals surface area contributed by atoms with E-state index < -0.39 is 0 Å². The van der Waals surface area contributed by atoms with Crippen molar-refractivity contribution in [2.24, 2.45) is 0 Å². The van der Waals surface area contributed by atoms with Gasteiger partial charge in [0.25, 0.3) is 0 Å². The first-order valence-corrected chi connectivity index (χ1v) is 8.05. The van der Waals surface area contributed by atoms with Crippen LogP contribution in [0.2, 0.25) is 0 Å². The molecule has 0 bridgehead atoms. The van der Waals surface area contributed by atoms with Crippen molar-refractivity contribution in [1.82, 2.24) is 15.5 Å². The first kappa shape index (κ1) is 16.0. The van der Waals surface area contributed by atoms with Crippen LogP contribution < -0.4 is 5.32 Å². The van der Waals surface area contributed by atoms with E-state index in [0.717, 1.165) is 30.0 Å². The lowest BCUT2D eigenvalue weighted by Gasteiger charge is -2.11. The Labute approximate surface area is 126 Å². The van der Waals surface area contributed by atoms with Crippen LogP contribution in [0, 0.1) is 13.8 Å². The summed E-state index contributed by atoms with van der Waals surface area (Å²) in [6.07, 6.45) is 7.55. The van der Waals surface area contributed by atoms with Crippen molar-refractivity contribution < 1.29 is 9.53 Å². The Bertz CT molecular complexity index is 450. The van der Waals surface area contributed by atoms with Crippen LogP contribution in [-0.2, 0) is 16.0 Å². The standard InChI is InChI=1S/C16H27N3O2/c1-12-13(2)18-19-15(12)8-9-16(20)17-10-5-11-21-14-6-3-4-7-14/h14H,3-11H2,1-2H3,(H,17,20)(H,18,19). The van der Waals surface area contributed by atoms with Gasteiger partial charge in [-0.3, -0.25) is 9.89 Å². The van der Waals surface area contributed by atoms with Gasteiger partial charge in [0.1, 0.15) is 0 Å². The third kappa shape index (κ3) is 5.16. The average Bonchev–Trinajstić information content (AvgIpc) is 3.09. The number of carbonyl (C=O) groups excluding carboxylic acids is 1. The molecular weight excluding hydrogens is 266 g/mol. The van der Waals surface area contributed by atoms with Crippen molar-refractivity contribution in [3.05, 3.63) is 17.0 Å². The molecule has 1 aromatic rings. The Kier molecular flexibility index (Phi) is 6.23. The first-order valence-electron chi connectivity index (χ1n) is 8.05. The summed E-state index contributed by atoms with van der Waals surface area (Å²) in [5, 5.41) is 10.1. The van der Waals surface area contributed by atoms with E-state index in [1.807, 2.05) is 13.8 Å². The number of aryl methyl sites for hydroxylation is 2. The number of carbonyl (C=O) groups is 1. The molecule has 5 heteroatoms. The molecule has 0 atom stereocenters. The van der Waals surface area contributed by atoms with Gasteiger partial charge < -0.3 is 10.1 Å². The molecule has 1 heterocycles. The van der Waals surface area contributed by atoms with Gasteiger partial charge in [-0.2, -0.15) is 5.10 Å². The predicted molar refractivity (Wildman–Crippen MR) is 82.2 cm³/mol. The fraction of sp³-hybridized carbons (Fsp3) is 0.750. The summed E-state index contributed by atoms with van der Waals surface area (Å²) in [6, 6.07) is 0. The van der Waals surface area contributed by atoms with E-state index in [1.165, 1.54) is 25.7 Å². The molecule has 0 spiro atoms. The van der Waals surface area contributed by atoms with Crippen LogP contribution in [0.3, 0.4) is 0 Å². The fourth-order valence-electron chi connectivity index (χ4n) is 2.70. The van der Waals surface area contributed by atoms with E-state index in [9.17, 15) is 4.79 Å². The molecule has 2 rings (SSSR count). The molecule has 0 radical (unpaired) electrons. The van der Waals surface area contributed by atoms with Crippen molar-refractivity contribution in [1.29, 1.82) is 0 Å². The van der Waals surface area contributed by atoms with E-state index in [4.69, 9.17) is 4.74 Å². The maximum Gasteiger partial charge on any atom is 0.220 e. The SMILES string of the molecule is Cc1[nH]nc(CCC(=O)NCCCOC2CCCC2)c1C. The highest BCUT2D eigenvalue weighted by molar-refractivity contribution is 5.76. The van der Waals surface area contributed by atoms with Gasteiger partial charge in [-0.15, -0.1) is 0 Å². The first-order chi connectivity index (χ1) is 10.2. The Hall–Kier alpha value is -1.36. The van der Waals surface area contributed by atoms with Crippen LogP contribution in [-0.4, -0.2) is 35.4 Å². The average molecular weight is 293 g/mol. The number of nitrogens with one attached hydrogen (secondary N) is 2. The van der Waals surface area contributed by atoms with Crippen molar-refractivity contribution in [3.63, 3.8) is 0 Å². The quantitative estimate of drug-likeness (QED) is 0.723. The zero-order chi connectivity index (χ0) is 15.1. The molecular formula is C16H27N3O2. The maximum absolute atomic E-state index is 11.8. The number of amides is 1. The monoisotopic (exact) mass is 293 g/mol. The molecule has 2 N–H and O–H groups in total. The molecule has 0 unspecified atom stereocenters. The Morgan fingerprint density at radius 3 is 2.81 bits per heavy atom. The van der Waals surface area contributed by atoms with Gasteiger partial charge >= 0.3 is 0 Å². The Balaban J connectivity index is 1.52. The van der Waals surface area contributed by atoms with E-state index in [1.54, 1.807) is 0 Å². The predicted octanol–water partition coefficient (Wildman–Crippen LogP) is 2.42. The summed E-state index contributed by atoms with van der Waals surface area (Å²) < 4.78 is 5.77. The van der Waals surface area contributed by atoms with E-state index in [2.05, 4.69) is 15.5 Å². The smallest absolute Gasteiger partial charge is 0.220 e. The van der Waals surface area contributed by atoms with Crippen LogP contribution in [0.1, 0.15) is 55.5 Å². The van der Waals surface area contributed by atoms with Crippen molar-refractivity contribution in [2.45, 2.75) is 64.9 Å². The minimum Gasteiger partial charge on any atom is -0.378 e. The van der Waals surface area contributed by atoms with Crippen LogP contribution >= 0.6 is 0 Å². The molecule has 21 heavy (non-hydrogen) atoms. The summed E-state index contributed by atoms with van der Waals surface area (Å²) in [4.78, 5) is 11.8. The number of ether oxygens (including phenoxy) is 1. The van der Waals surface area contributed by atoms with Gasteiger partial charge in [-0.05, 0) is 38.7 Å². The highest BCUT2D eigenvalue weighted by Crippen LogP contribution is 2.20. The summed E-state index contributed by atoms with van der Waals surface area (Å²) in [6.45, 7) is 5.48. The molecule has 0 saturated heterocycles. The largest absolute Gasteiger partial charge is 0.378 e. The van der Waals surface area contributed by atoms with Crippen LogP contribution in [0.15, 0.2) is 0 Å². The van der Waals surface area contributed by atoms with Crippen LogP contribution in [0.25, 0.3) is 0 Å². The summed E-state index contributed by atoms with van der Waals surface area (Å²) in [7, 11) is 0. The maximum atomic E-state index is 11.8. The Morgan fingerprint density at radius 1 is 1.38 bits per heavy atom. The molecule has 0 aromatic carbocycles. The fourth-order valence-corrected chi connectivity index (χ4v) is 2.70. The molecule has 1 aliphatic carbocycles. The lowest BCUT2D eigenvalue weighted by Crippen LogP contribution is -2.26. The number of rotatable bonds is 8. The van der Waals surface area contributed by atoms with Gasteiger partial charge in [-0.1, -0.05) is 12.8 Å². The molecule has 1 amide bonds. The van der Waals surface area contributed by atoms with Crippen molar-refractivity contribution >= 4 is 5.91 Å². The summed E-state index contributed by atoms with van der Waals surface area (Å²) in [5.74, 6) is 0.0934. The number of hydrogen-bond donors (Lipinski definition) is 2. The van der Waals surface area contributed by atoms with Crippen molar-refractivity contribution in [2.75, 3.05) is 13.2 Å². The van der Waals surface area contributed by atoms with Gasteiger partial charge in [0.15, 0.2) is 0 Å². The number of nitrogens with zero attached hydrogens (tertiary/aromatic N) is 1. The second kappa shape index (κ2) is 8.17. The number of hydrogen-bond acceptors (Lipinski definition) is 3. The highest BCUT2D eigenvalue weighted by Gasteiger charge is 2.14. The highest BCUT2D eigenvalue weighted by atomic mass is 16.5. The van der Waals surface area contributed by atoms with Gasteiger partial charge in [0.2, 0.25) is 5.91 Å². The van der Waals surface area contributed by atoms with Gasteiger partial charge in [0.05, 0.1) is 11.8 Å². The second-order valence-electron chi connectivity index (χ2n) is 5.90. The number of aromatic nitrogens is 2. The molecule has 1 fully saturated rings. The summed E-state index contributed by atoms with van der Waals surface area (Å²) in [5.41, 5.74) is 3.23. The second-order valence-corrected chi connectivity index (χ2v) is 5.90. The topological polar surface area (TPSA) is 67.0 Å². The molecule has 1 aromatic heterocycles. The van der Waals surface area contributed by atoms with Crippen LogP contribution in [0.5, 0.6) is 0 Å². The zero-order valence-corrected chi connectivity index (χ0v) is 13.2. The van der Waals surface area contributed by atoms with Gasteiger partial charge in [0, 0.05) is 31.7 Å². The molecule has 5 nitrogen and oxygen atoms in total. The van der Waals surface area contributed by atoms with Gasteiger partial charge in [-0.25, -0.2) is 0 Å². The molecule has 1 saturated carbocycles. The number of aromatic amines is 1. The third-order valence-corrected chi connectivity index (χ3v) is 4.24. The zero-order valence-electron chi connectivity index (χ0n) is 13.2. The number of H-pyrrole nitrogens is 1. The molecule has 1 aliphatic rings. The lowest BCUT2D eigenvalue weighted by molar-refractivity contribution is -0.121. The molecule has 0 aliphatic heterocycles. The summed E-state index contributed by atoms with van der Waals surface area (Å²) >= 11 is 0. The van der Waals surface area contributed by atoms with Crippen LogP contribution in [0.4, 0.5) is 0 Å². The lowest BCUT2D eigenvalue weighted by atomic mass is 10.1. The van der Waals surface area contributed by atoms with E-state index in [-0.39, 0.29) is 5.91 Å². The van der Waals surface area contributed by atoms with E-state index >= 15 is 0 Å². The third-order valence-electron chi connectivity index (χ3n) is 4.24. The van der Waals surface area contributed by atoms with Crippen molar-refractivity contribution in [3.8, 4) is 0 Å². The Morgan fingerprint density at radius 2 is 2.14 bits per heavy atom. The normalized spacial score (nSPS) is 15.5. The minimum atomic E-state index is 0.0934. The molecule has 118 valence electrons. The minimum absolute atomic E-state index is 0.0934. The van der Waals surface area contributed by atoms with E-state index in [0.29, 0.717) is 25.5 Å².